The molecule has 0 radical (unpaired) electrons. The van der Waals surface area contributed by atoms with Gasteiger partial charge in [0.05, 0.1) is 25.9 Å². The highest BCUT2D eigenvalue weighted by molar-refractivity contribution is 5.81. The Balaban J connectivity index is 2.31. The van der Waals surface area contributed by atoms with Crippen LogP contribution in [0.3, 0.4) is 0 Å². The van der Waals surface area contributed by atoms with Crippen LogP contribution in [0, 0.1) is 11.8 Å². The average molecular weight is 376 g/mol. The van der Waals surface area contributed by atoms with Crippen molar-refractivity contribution in [2.75, 3.05) is 7.11 Å². The predicted molar refractivity (Wildman–Crippen MR) is 104 cm³/mol. The van der Waals surface area contributed by atoms with E-state index >= 15 is 0 Å². The second-order valence-corrected chi connectivity index (χ2v) is 7.81. The van der Waals surface area contributed by atoms with Crippen LogP contribution in [0.25, 0.3) is 0 Å². The van der Waals surface area contributed by atoms with Gasteiger partial charge in [-0.3, -0.25) is 0 Å². The lowest BCUT2D eigenvalue weighted by atomic mass is 9.83. The summed E-state index contributed by atoms with van der Waals surface area (Å²) in [6.45, 7) is 6.39. The van der Waals surface area contributed by atoms with Crippen LogP contribution in [0.5, 0.6) is 0 Å². The topological polar surface area (TPSA) is 76.0 Å². The van der Waals surface area contributed by atoms with Crippen LogP contribution in [0.15, 0.2) is 42.0 Å². The second-order valence-electron chi connectivity index (χ2n) is 7.81. The van der Waals surface area contributed by atoms with Crippen molar-refractivity contribution < 1.29 is 24.5 Å². The number of allylic oxidation sites excluding steroid dienone is 1. The number of hydrogen-bond acceptors (Lipinski definition) is 5. The normalized spacial score (nSPS) is 28.6. The van der Waals surface area contributed by atoms with Gasteiger partial charge in [-0.25, -0.2) is 4.79 Å². The Kier molecular flexibility index (Phi) is 7.59. The van der Waals surface area contributed by atoms with E-state index < -0.39 is 29.7 Å². The molecule has 5 nitrogen and oxygen atoms in total. The van der Waals surface area contributed by atoms with Crippen molar-refractivity contribution >= 4 is 5.97 Å². The Morgan fingerprint density at radius 3 is 2.56 bits per heavy atom. The van der Waals surface area contributed by atoms with Crippen LogP contribution in [-0.4, -0.2) is 41.1 Å². The Hall–Kier alpha value is -1.69. The highest BCUT2D eigenvalue weighted by Gasteiger charge is 2.60. The molecule has 1 aliphatic rings. The molecule has 1 aromatic carbocycles. The minimum absolute atomic E-state index is 0.00764. The van der Waals surface area contributed by atoms with Gasteiger partial charge in [0.2, 0.25) is 0 Å². The Morgan fingerprint density at radius 2 is 1.96 bits per heavy atom. The van der Waals surface area contributed by atoms with Crippen LogP contribution in [0.1, 0.15) is 45.6 Å². The summed E-state index contributed by atoms with van der Waals surface area (Å²) < 4.78 is 11.1. The van der Waals surface area contributed by atoms with Gasteiger partial charge in [-0.05, 0) is 31.2 Å². The highest BCUT2D eigenvalue weighted by Crippen LogP contribution is 2.45. The summed E-state index contributed by atoms with van der Waals surface area (Å²) in [4.78, 5) is 12.7. The van der Waals surface area contributed by atoms with Crippen molar-refractivity contribution in [1.29, 1.82) is 0 Å². The van der Waals surface area contributed by atoms with Gasteiger partial charge in [0, 0.05) is 12.3 Å². The van der Waals surface area contributed by atoms with Gasteiger partial charge in [0.1, 0.15) is 0 Å². The van der Waals surface area contributed by atoms with Crippen LogP contribution in [0.4, 0.5) is 0 Å². The molecule has 1 aliphatic carbocycles. The average Bonchev–Trinajstić information content (AvgIpc) is 2.91. The molecule has 1 saturated carbocycles. The van der Waals surface area contributed by atoms with Crippen LogP contribution in [-0.2, 0) is 20.9 Å². The van der Waals surface area contributed by atoms with Crippen molar-refractivity contribution in [3.63, 3.8) is 0 Å². The number of hydrogen-bond donors (Lipinski definition) is 2. The largest absolute Gasteiger partial charge is 0.467 e. The smallest absolute Gasteiger partial charge is 0.338 e. The van der Waals surface area contributed by atoms with Crippen molar-refractivity contribution in [2.24, 2.45) is 11.8 Å². The summed E-state index contributed by atoms with van der Waals surface area (Å²) >= 11 is 0. The maximum absolute atomic E-state index is 12.7. The van der Waals surface area contributed by atoms with Crippen molar-refractivity contribution in [3.8, 4) is 0 Å². The van der Waals surface area contributed by atoms with Crippen molar-refractivity contribution in [3.05, 3.63) is 47.5 Å². The van der Waals surface area contributed by atoms with E-state index in [-0.39, 0.29) is 13.0 Å². The standard InChI is InChI=1S/C22H32O5/c1-15(2)9-8-10-16(3)19-20(24)18(23)13-22(19,21(25)26-4)27-14-17-11-6-5-7-12-17/h5-7,10-12,15,18-20,23-24H,8-9,13-14H2,1-4H3/b16-10+/t18-,19+,20-,22-/m1/s1. The summed E-state index contributed by atoms with van der Waals surface area (Å²) in [5.41, 5.74) is 0.358. The molecule has 150 valence electrons. The predicted octanol–water partition coefficient (Wildman–Crippen LogP) is 3.24. The van der Waals surface area contributed by atoms with Gasteiger partial charge >= 0.3 is 5.97 Å². The van der Waals surface area contributed by atoms with E-state index in [1.54, 1.807) is 0 Å². The molecule has 27 heavy (non-hydrogen) atoms. The number of rotatable bonds is 8. The van der Waals surface area contributed by atoms with Gasteiger partial charge in [-0.15, -0.1) is 0 Å². The first-order valence-electron chi connectivity index (χ1n) is 9.61. The van der Waals surface area contributed by atoms with E-state index in [1.165, 1.54) is 7.11 Å². The fourth-order valence-electron chi connectivity index (χ4n) is 3.84. The zero-order chi connectivity index (χ0) is 20.0. The summed E-state index contributed by atoms with van der Waals surface area (Å²) in [5.74, 6) is -0.640. The molecule has 1 fully saturated rings. The van der Waals surface area contributed by atoms with Gasteiger partial charge in [0.15, 0.2) is 5.60 Å². The fraction of sp³-hybridized carbons (Fsp3) is 0.591. The van der Waals surface area contributed by atoms with Gasteiger partial charge < -0.3 is 19.7 Å². The highest BCUT2D eigenvalue weighted by atomic mass is 16.6. The van der Waals surface area contributed by atoms with E-state index in [2.05, 4.69) is 13.8 Å². The summed E-state index contributed by atoms with van der Waals surface area (Å²) in [5, 5.41) is 21.0. The minimum atomic E-state index is -1.40. The Bertz CT molecular complexity index is 639. The van der Waals surface area contributed by atoms with Crippen LogP contribution < -0.4 is 0 Å². The zero-order valence-electron chi connectivity index (χ0n) is 16.7. The maximum Gasteiger partial charge on any atom is 0.338 e. The van der Waals surface area contributed by atoms with Gasteiger partial charge in [0.25, 0.3) is 0 Å². The van der Waals surface area contributed by atoms with Crippen LogP contribution in [0.2, 0.25) is 0 Å². The number of carbonyl (C=O) groups excluding carboxylic acids is 1. The lowest BCUT2D eigenvalue weighted by molar-refractivity contribution is -0.178. The number of carbonyl (C=O) groups is 1. The lowest BCUT2D eigenvalue weighted by Gasteiger charge is -2.34. The van der Waals surface area contributed by atoms with E-state index in [0.29, 0.717) is 5.92 Å². The number of aliphatic hydroxyl groups is 2. The second kappa shape index (κ2) is 9.49. The molecule has 0 aromatic heterocycles. The number of aliphatic hydroxyl groups excluding tert-OH is 2. The van der Waals surface area contributed by atoms with E-state index in [1.807, 2.05) is 43.3 Å². The SMILES string of the molecule is COC(=O)[C@@]1(OCc2ccccc2)C[C@@H](O)[C@@H](O)[C@@H]1/C(C)=C/CCC(C)C. The summed E-state index contributed by atoms with van der Waals surface area (Å²) in [6.07, 6.45) is 1.79. The molecule has 1 aromatic rings. The van der Waals surface area contributed by atoms with Crippen molar-refractivity contribution in [2.45, 2.75) is 64.4 Å². The number of methoxy groups -OCH3 is 1. The van der Waals surface area contributed by atoms with Crippen LogP contribution >= 0.6 is 0 Å². The summed E-state index contributed by atoms with van der Waals surface area (Å²) in [6, 6.07) is 9.53. The lowest BCUT2D eigenvalue weighted by Crippen LogP contribution is -2.48. The molecule has 4 atom stereocenters. The number of ether oxygens (including phenoxy) is 2. The fourth-order valence-corrected chi connectivity index (χ4v) is 3.84. The molecule has 0 bridgehead atoms. The first-order valence-corrected chi connectivity index (χ1v) is 9.61. The molecule has 0 heterocycles. The maximum atomic E-state index is 12.7. The first-order chi connectivity index (χ1) is 12.8. The van der Waals surface area contributed by atoms with Crippen molar-refractivity contribution in [1.82, 2.24) is 0 Å². The van der Waals surface area contributed by atoms with E-state index in [4.69, 9.17) is 9.47 Å². The van der Waals surface area contributed by atoms with Gasteiger partial charge in [-0.2, -0.15) is 0 Å². The van der Waals surface area contributed by atoms with Gasteiger partial charge in [-0.1, -0.05) is 55.8 Å². The monoisotopic (exact) mass is 376 g/mol. The molecule has 0 saturated heterocycles. The molecule has 0 spiro atoms. The third-order valence-electron chi connectivity index (χ3n) is 5.32. The third-order valence-corrected chi connectivity index (χ3v) is 5.32. The molecular weight excluding hydrogens is 344 g/mol. The molecule has 2 N–H and O–H groups in total. The summed E-state index contributed by atoms with van der Waals surface area (Å²) in [7, 11) is 1.31. The zero-order valence-corrected chi connectivity index (χ0v) is 16.7. The third kappa shape index (κ3) is 4.98. The molecule has 2 rings (SSSR count). The quantitative estimate of drug-likeness (QED) is 0.538. The van der Waals surface area contributed by atoms with E-state index in [0.717, 1.165) is 24.0 Å². The molecular formula is C22H32O5. The first kappa shape index (κ1) is 21.6. The van der Waals surface area contributed by atoms with E-state index in [9.17, 15) is 15.0 Å². The molecule has 5 heteroatoms. The molecule has 0 aliphatic heterocycles. The number of esters is 1. The minimum Gasteiger partial charge on any atom is -0.467 e. The Labute approximate surface area is 162 Å². The number of benzene rings is 1. The molecule has 0 unspecified atom stereocenters. The Morgan fingerprint density at radius 1 is 1.30 bits per heavy atom. The molecule has 0 amide bonds.